The summed E-state index contributed by atoms with van der Waals surface area (Å²) in [6.45, 7) is 0.271. The number of hydrogen-bond donors (Lipinski definition) is 2. The summed E-state index contributed by atoms with van der Waals surface area (Å²) in [4.78, 5) is 10.2. The summed E-state index contributed by atoms with van der Waals surface area (Å²) in [6, 6.07) is 3.55. The predicted molar refractivity (Wildman–Crippen MR) is 61.0 cm³/mol. The molecule has 0 unspecified atom stereocenters. The molecule has 1 aromatic carbocycles. The summed E-state index contributed by atoms with van der Waals surface area (Å²) in [5, 5.41) is 19.5. The summed E-state index contributed by atoms with van der Waals surface area (Å²) >= 11 is 0. The average molecular weight is 254 g/mol. The molecule has 0 amide bonds. The van der Waals surface area contributed by atoms with Gasteiger partial charge in [-0.05, 0) is 25.0 Å². The van der Waals surface area contributed by atoms with Gasteiger partial charge in [-0.1, -0.05) is 0 Å². The summed E-state index contributed by atoms with van der Waals surface area (Å²) in [5.74, 6) is -2.56. The zero-order valence-corrected chi connectivity index (χ0v) is 9.54. The third-order valence-corrected chi connectivity index (χ3v) is 2.29. The number of aliphatic carboxylic acids is 1. The number of carboxylic acids is 1. The number of anilines is 1. The molecule has 1 rings (SSSR count). The first-order valence-electron chi connectivity index (χ1n) is 5.39. The lowest BCUT2D eigenvalue weighted by molar-refractivity contribution is -0.137. The van der Waals surface area contributed by atoms with Crippen LogP contribution in [0.1, 0.15) is 24.8 Å². The summed E-state index contributed by atoms with van der Waals surface area (Å²) < 4.78 is 26.8. The largest absolute Gasteiger partial charge is 0.481 e. The van der Waals surface area contributed by atoms with E-state index >= 15 is 0 Å². The zero-order chi connectivity index (χ0) is 13.5. The van der Waals surface area contributed by atoms with Crippen LogP contribution < -0.4 is 5.32 Å². The third-order valence-electron chi connectivity index (χ3n) is 2.29. The maximum atomic E-state index is 13.4. The van der Waals surface area contributed by atoms with Crippen LogP contribution in [0.25, 0.3) is 0 Å². The lowest BCUT2D eigenvalue weighted by Gasteiger charge is -2.08. The number of unbranched alkanes of at least 4 members (excludes halogenated alkanes) is 1. The molecule has 96 valence electrons. The first-order chi connectivity index (χ1) is 8.54. The Bertz CT molecular complexity index is 460. The molecule has 0 saturated heterocycles. The van der Waals surface area contributed by atoms with Gasteiger partial charge in [0.1, 0.15) is 5.69 Å². The van der Waals surface area contributed by atoms with E-state index < -0.39 is 17.6 Å². The van der Waals surface area contributed by atoms with Crippen molar-refractivity contribution in [1.29, 1.82) is 5.26 Å². The number of rotatable bonds is 6. The quantitative estimate of drug-likeness (QED) is 0.765. The normalized spacial score (nSPS) is 9.83. The fraction of sp³-hybridized carbons (Fsp3) is 0.333. The molecule has 0 radical (unpaired) electrons. The first-order valence-corrected chi connectivity index (χ1v) is 5.39. The third kappa shape index (κ3) is 4.01. The van der Waals surface area contributed by atoms with Crippen molar-refractivity contribution in [2.24, 2.45) is 0 Å². The van der Waals surface area contributed by atoms with Crippen molar-refractivity contribution in [2.75, 3.05) is 11.9 Å². The Balaban J connectivity index is 2.53. The molecule has 0 aromatic heterocycles. The van der Waals surface area contributed by atoms with Crippen molar-refractivity contribution in [3.8, 4) is 6.07 Å². The van der Waals surface area contributed by atoms with Crippen molar-refractivity contribution < 1.29 is 18.7 Å². The van der Waals surface area contributed by atoms with Gasteiger partial charge in [0, 0.05) is 13.0 Å². The molecule has 0 saturated carbocycles. The molecule has 0 aliphatic carbocycles. The highest BCUT2D eigenvalue weighted by Gasteiger charge is 2.10. The molecule has 0 aliphatic heterocycles. The molecule has 2 N–H and O–H groups in total. The molecular formula is C12H12F2N2O2. The van der Waals surface area contributed by atoms with E-state index in [0.717, 1.165) is 12.1 Å². The number of nitrogens with zero attached hydrogens (tertiary/aromatic N) is 1. The van der Waals surface area contributed by atoms with E-state index in [1.807, 2.05) is 0 Å². The number of halogens is 2. The Morgan fingerprint density at radius 2 is 1.94 bits per heavy atom. The van der Waals surface area contributed by atoms with Gasteiger partial charge < -0.3 is 10.4 Å². The first kappa shape index (κ1) is 13.9. The second kappa shape index (κ2) is 6.55. The van der Waals surface area contributed by atoms with Gasteiger partial charge >= 0.3 is 5.97 Å². The monoisotopic (exact) mass is 254 g/mol. The lowest BCUT2D eigenvalue weighted by atomic mass is 10.2. The highest BCUT2D eigenvalue weighted by atomic mass is 19.1. The molecule has 0 spiro atoms. The van der Waals surface area contributed by atoms with Crippen LogP contribution in [0.3, 0.4) is 0 Å². The number of hydrogen-bond acceptors (Lipinski definition) is 3. The van der Waals surface area contributed by atoms with E-state index in [2.05, 4.69) is 5.32 Å². The van der Waals surface area contributed by atoms with Gasteiger partial charge in [-0.2, -0.15) is 5.26 Å². The number of carboxylic acid groups (broad SMARTS) is 1. The molecular weight excluding hydrogens is 242 g/mol. The smallest absolute Gasteiger partial charge is 0.303 e. The van der Waals surface area contributed by atoms with Crippen molar-refractivity contribution in [1.82, 2.24) is 0 Å². The van der Waals surface area contributed by atoms with Crippen molar-refractivity contribution in [3.63, 3.8) is 0 Å². The van der Waals surface area contributed by atoms with Crippen molar-refractivity contribution in [2.45, 2.75) is 19.3 Å². The van der Waals surface area contributed by atoms with E-state index in [9.17, 15) is 13.6 Å². The van der Waals surface area contributed by atoms with Crippen LogP contribution in [0, 0.1) is 23.0 Å². The number of benzene rings is 1. The standard InChI is InChI=1S/C12H12F2N2O2/c13-9-5-8(7-15)6-10(14)12(9)16-4-2-1-3-11(17)18/h5-6,16H,1-4H2,(H,17,18). The summed E-state index contributed by atoms with van der Waals surface area (Å²) in [6.07, 6.45) is 0.951. The number of carbonyl (C=O) groups is 1. The average Bonchev–Trinajstić information content (AvgIpc) is 2.31. The zero-order valence-electron chi connectivity index (χ0n) is 9.54. The fourth-order valence-corrected chi connectivity index (χ4v) is 1.42. The van der Waals surface area contributed by atoms with E-state index in [1.54, 1.807) is 6.07 Å². The van der Waals surface area contributed by atoms with Crippen LogP contribution in [0.15, 0.2) is 12.1 Å². The molecule has 1 aromatic rings. The van der Waals surface area contributed by atoms with Crippen LogP contribution in [0.2, 0.25) is 0 Å². The van der Waals surface area contributed by atoms with Crippen LogP contribution in [-0.4, -0.2) is 17.6 Å². The lowest BCUT2D eigenvalue weighted by Crippen LogP contribution is -2.07. The van der Waals surface area contributed by atoms with Gasteiger partial charge in [0.25, 0.3) is 0 Å². The summed E-state index contributed by atoms with van der Waals surface area (Å²) in [5.41, 5.74) is -0.370. The maximum absolute atomic E-state index is 13.4. The second-order valence-electron chi connectivity index (χ2n) is 3.70. The van der Waals surface area contributed by atoms with E-state index in [-0.39, 0.29) is 24.2 Å². The number of nitriles is 1. The van der Waals surface area contributed by atoms with Crippen LogP contribution in [-0.2, 0) is 4.79 Å². The molecule has 0 fully saturated rings. The molecule has 0 atom stereocenters. The van der Waals surface area contributed by atoms with Crippen molar-refractivity contribution >= 4 is 11.7 Å². The Morgan fingerprint density at radius 1 is 1.33 bits per heavy atom. The Morgan fingerprint density at radius 3 is 2.44 bits per heavy atom. The Hall–Kier alpha value is -2.16. The second-order valence-corrected chi connectivity index (χ2v) is 3.70. The predicted octanol–water partition coefficient (Wildman–Crippen LogP) is 2.50. The molecule has 0 bridgehead atoms. The van der Waals surface area contributed by atoms with Gasteiger partial charge in [0.2, 0.25) is 0 Å². The van der Waals surface area contributed by atoms with Crippen LogP contribution in [0.5, 0.6) is 0 Å². The number of nitrogens with one attached hydrogen (secondary N) is 1. The molecule has 6 heteroatoms. The Kier molecular flexibility index (Phi) is 5.06. The van der Waals surface area contributed by atoms with E-state index in [1.165, 1.54) is 0 Å². The maximum Gasteiger partial charge on any atom is 0.303 e. The van der Waals surface area contributed by atoms with Gasteiger partial charge in [0.15, 0.2) is 11.6 Å². The highest BCUT2D eigenvalue weighted by Crippen LogP contribution is 2.20. The van der Waals surface area contributed by atoms with Gasteiger partial charge in [0.05, 0.1) is 11.6 Å². The van der Waals surface area contributed by atoms with Crippen LogP contribution >= 0.6 is 0 Å². The molecule has 0 heterocycles. The fourth-order valence-electron chi connectivity index (χ4n) is 1.42. The minimum absolute atomic E-state index is 0.0278. The minimum Gasteiger partial charge on any atom is -0.481 e. The van der Waals surface area contributed by atoms with Gasteiger partial charge in [-0.15, -0.1) is 0 Å². The molecule has 4 nitrogen and oxygen atoms in total. The molecule has 18 heavy (non-hydrogen) atoms. The minimum atomic E-state index is -0.897. The van der Waals surface area contributed by atoms with E-state index in [4.69, 9.17) is 10.4 Å². The topological polar surface area (TPSA) is 73.1 Å². The van der Waals surface area contributed by atoms with Crippen LogP contribution in [0.4, 0.5) is 14.5 Å². The summed E-state index contributed by atoms with van der Waals surface area (Å²) in [7, 11) is 0. The van der Waals surface area contributed by atoms with E-state index in [0.29, 0.717) is 12.8 Å². The highest BCUT2D eigenvalue weighted by molar-refractivity contribution is 5.66. The molecule has 0 aliphatic rings. The SMILES string of the molecule is N#Cc1cc(F)c(NCCCCC(=O)O)c(F)c1. The van der Waals surface area contributed by atoms with Gasteiger partial charge in [-0.3, -0.25) is 4.79 Å². The van der Waals surface area contributed by atoms with Crippen molar-refractivity contribution in [3.05, 3.63) is 29.3 Å². The Labute approximate surface area is 103 Å². The van der Waals surface area contributed by atoms with Gasteiger partial charge in [-0.25, -0.2) is 8.78 Å².